The first kappa shape index (κ1) is 22.6. The number of nitrogens with zero attached hydrogens (tertiary/aromatic N) is 1. The summed E-state index contributed by atoms with van der Waals surface area (Å²) in [7, 11) is 0. The standard InChI is InChI=1S/C22H25N3O3.ClH/c1-13(2)15-5-7-16(8-6-15)19(23)11-24-20(26)12-25-21(27)17-9-4-14(3)10-18(17)22(25)28;/h4-10,13,19H,11-12,23H2,1-3H3,(H,24,26);1H. The van der Waals surface area contributed by atoms with Gasteiger partial charge in [0.1, 0.15) is 6.54 Å². The van der Waals surface area contributed by atoms with Crippen molar-refractivity contribution >= 4 is 30.1 Å². The fourth-order valence-electron chi connectivity index (χ4n) is 3.22. The minimum absolute atomic E-state index is 0. The third-order valence-corrected chi connectivity index (χ3v) is 4.98. The summed E-state index contributed by atoms with van der Waals surface area (Å²) in [4.78, 5) is 38.1. The van der Waals surface area contributed by atoms with Gasteiger partial charge in [0.05, 0.1) is 11.1 Å². The van der Waals surface area contributed by atoms with Crippen molar-refractivity contribution in [3.05, 3.63) is 70.3 Å². The second-order valence-electron chi connectivity index (χ2n) is 7.48. The van der Waals surface area contributed by atoms with E-state index in [0.717, 1.165) is 16.0 Å². The normalized spacial score (nSPS) is 13.9. The average molecular weight is 416 g/mol. The Morgan fingerprint density at radius 2 is 1.59 bits per heavy atom. The summed E-state index contributed by atoms with van der Waals surface area (Å²) in [6.45, 7) is 6.00. The van der Waals surface area contributed by atoms with Crippen molar-refractivity contribution in [1.82, 2.24) is 10.2 Å². The van der Waals surface area contributed by atoms with Gasteiger partial charge < -0.3 is 11.1 Å². The molecule has 0 spiro atoms. The van der Waals surface area contributed by atoms with Crippen LogP contribution in [0.15, 0.2) is 42.5 Å². The largest absolute Gasteiger partial charge is 0.353 e. The zero-order chi connectivity index (χ0) is 20.4. The summed E-state index contributed by atoms with van der Waals surface area (Å²) in [5.74, 6) is -0.856. The molecule has 0 aliphatic carbocycles. The molecule has 0 radical (unpaired) electrons. The lowest BCUT2D eigenvalue weighted by Crippen LogP contribution is -2.42. The molecule has 2 aromatic rings. The number of carbonyl (C=O) groups is 3. The summed E-state index contributed by atoms with van der Waals surface area (Å²) >= 11 is 0. The van der Waals surface area contributed by atoms with Gasteiger partial charge >= 0.3 is 0 Å². The average Bonchev–Trinajstić information content (AvgIpc) is 2.90. The Kier molecular flexibility index (Phi) is 7.16. The summed E-state index contributed by atoms with van der Waals surface area (Å²) < 4.78 is 0. The number of nitrogens with one attached hydrogen (secondary N) is 1. The summed E-state index contributed by atoms with van der Waals surface area (Å²) in [6.07, 6.45) is 0. The molecule has 6 nitrogen and oxygen atoms in total. The van der Waals surface area contributed by atoms with Gasteiger partial charge in [0.25, 0.3) is 11.8 Å². The molecule has 0 saturated heterocycles. The minimum Gasteiger partial charge on any atom is -0.353 e. The van der Waals surface area contributed by atoms with Crippen LogP contribution in [0.4, 0.5) is 0 Å². The molecule has 1 aliphatic heterocycles. The Morgan fingerprint density at radius 1 is 1.00 bits per heavy atom. The van der Waals surface area contributed by atoms with E-state index in [-0.39, 0.29) is 31.5 Å². The van der Waals surface area contributed by atoms with Crippen LogP contribution in [0.25, 0.3) is 0 Å². The van der Waals surface area contributed by atoms with Crippen LogP contribution in [-0.4, -0.2) is 35.7 Å². The summed E-state index contributed by atoms with van der Waals surface area (Å²) in [5, 5.41) is 2.71. The molecule has 1 atom stereocenters. The van der Waals surface area contributed by atoms with Crippen molar-refractivity contribution in [2.24, 2.45) is 5.73 Å². The van der Waals surface area contributed by atoms with Crippen LogP contribution < -0.4 is 11.1 Å². The molecule has 29 heavy (non-hydrogen) atoms. The number of imide groups is 1. The van der Waals surface area contributed by atoms with Gasteiger partial charge in [-0.3, -0.25) is 19.3 Å². The molecule has 0 aromatic heterocycles. The second-order valence-corrected chi connectivity index (χ2v) is 7.48. The number of hydrogen-bond acceptors (Lipinski definition) is 4. The SMILES string of the molecule is Cc1ccc2c(c1)C(=O)N(CC(=O)NCC(N)c1ccc(C(C)C)cc1)C2=O.Cl. The Bertz CT molecular complexity index is 925. The first-order valence-corrected chi connectivity index (χ1v) is 9.37. The minimum atomic E-state index is -0.441. The molecule has 3 N–H and O–H groups in total. The van der Waals surface area contributed by atoms with Gasteiger partial charge in [-0.2, -0.15) is 0 Å². The molecule has 1 heterocycles. The van der Waals surface area contributed by atoms with E-state index < -0.39 is 17.7 Å². The van der Waals surface area contributed by atoms with Crippen LogP contribution in [0.1, 0.15) is 63.2 Å². The van der Waals surface area contributed by atoms with Crippen LogP contribution in [0.5, 0.6) is 0 Å². The highest BCUT2D eigenvalue weighted by atomic mass is 35.5. The second kappa shape index (κ2) is 9.20. The molecule has 0 saturated carbocycles. The number of halogens is 1. The lowest BCUT2D eigenvalue weighted by Gasteiger charge is -2.17. The lowest BCUT2D eigenvalue weighted by molar-refractivity contribution is -0.121. The summed E-state index contributed by atoms with van der Waals surface area (Å²) in [5.41, 5.74) is 9.87. The van der Waals surface area contributed by atoms with E-state index in [0.29, 0.717) is 17.0 Å². The predicted octanol–water partition coefficient (Wildman–Crippen LogP) is 2.95. The number of carbonyl (C=O) groups excluding carboxylic acids is 3. The smallest absolute Gasteiger partial charge is 0.262 e. The van der Waals surface area contributed by atoms with E-state index in [1.165, 1.54) is 5.56 Å². The molecule has 154 valence electrons. The van der Waals surface area contributed by atoms with Crippen molar-refractivity contribution in [3.63, 3.8) is 0 Å². The Hall–Kier alpha value is -2.70. The van der Waals surface area contributed by atoms with Gasteiger partial charge in [-0.1, -0.05) is 49.7 Å². The maximum absolute atomic E-state index is 12.4. The van der Waals surface area contributed by atoms with E-state index in [1.807, 2.05) is 31.2 Å². The van der Waals surface area contributed by atoms with Crippen LogP contribution in [-0.2, 0) is 4.79 Å². The quantitative estimate of drug-likeness (QED) is 0.709. The molecule has 7 heteroatoms. The van der Waals surface area contributed by atoms with Gasteiger partial charge in [0.2, 0.25) is 5.91 Å². The van der Waals surface area contributed by atoms with Crippen molar-refractivity contribution < 1.29 is 14.4 Å². The monoisotopic (exact) mass is 415 g/mol. The molecule has 0 bridgehead atoms. The van der Waals surface area contributed by atoms with E-state index in [1.54, 1.807) is 18.2 Å². The van der Waals surface area contributed by atoms with Crippen molar-refractivity contribution in [1.29, 1.82) is 0 Å². The van der Waals surface area contributed by atoms with Gasteiger partial charge in [-0.15, -0.1) is 12.4 Å². The topological polar surface area (TPSA) is 92.5 Å². The van der Waals surface area contributed by atoms with Gasteiger partial charge in [0, 0.05) is 12.6 Å². The van der Waals surface area contributed by atoms with Gasteiger partial charge in [-0.05, 0) is 36.1 Å². The van der Waals surface area contributed by atoms with Crippen molar-refractivity contribution in [2.45, 2.75) is 32.7 Å². The zero-order valence-corrected chi connectivity index (χ0v) is 17.6. The van der Waals surface area contributed by atoms with E-state index >= 15 is 0 Å². The molecule has 0 fully saturated rings. The fourth-order valence-corrected chi connectivity index (χ4v) is 3.22. The van der Waals surface area contributed by atoms with Gasteiger partial charge in [-0.25, -0.2) is 0 Å². The molecule has 1 unspecified atom stereocenters. The maximum atomic E-state index is 12.4. The number of rotatable bonds is 6. The number of amides is 3. The highest BCUT2D eigenvalue weighted by molar-refractivity contribution is 6.22. The maximum Gasteiger partial charge on any atom is 0.262 e. The molecule has 2 aromatic carbocycles. The highest BCUT2D eigenvalue weighted by Crippen LogP contribution is 2.23. The Labute approximate surface area is 176 Å². The molecular weight excluding hydrogens is 390 g/mol. The Morgan fingerprint density at radius 3 is 2.21 bits per heavy atom. The zero-order valence-electron chi connectivity index (χ0n) is 16.8. The number of hydrogen-bond donors (Lipinski definition) is 2. The number of benzene rings is 2. The molecule has 3 rings (SSSR count). The number of nitrogens with two attached hydrogens (primary N) is 1. The van der Waals surface area contributed by atoms with Crippen LogP contribution in [0, 0.1) is 6.92 Å². The lowest BCUT2D eigenvalue weighted by atomic mass is 9.99. The van der Waals surface area contributed by atoms with Gasteiger partial charge in [0.15, 0.2) is 0 Å². The third kappa shape index (κ3) is 4.83. The van der Waals surface area contributed by atoms with Crippen molar-refractivity contribution in [3.8, 4) is 0 Å². The highest BCUT2D eigenvalue weighted by Gasteiger charge is 2.36. The number of aryl methyl sites for hydroxylation is 1. The molecular formula is C22H26ClN3O3. The predicted molar refractivity (Wildman–Crippen MR) is 114 cm³/mol. The van der Waals surface area contributed by atoms with E-state index in [2.05, 4.69) is 19.2 Å². The van der Waals surface area contributed by atoms with Crippen LogP contribution in [0.3, 0.4) is 0 Å². The third-order valence-electron chi connectivity index (χ3n) is 4.98. The van der Waals surface area contributed by atoms with E-state index in [9.17, 15) is 14.4 Å². The number of fused-ring (bicyclic) bond motifs is 1. The van der Waals surface area contributed by atoms with Crippen LogP contribution in [0.2, 0.25) is 0 Å². The first-order valence-electron chi connectivity index (χ1n) is 9.37. The Balaban J connectivity index is 0.00000300. The first-order chi connectivity index (χ1) is 13.3. The van der Waals surface area contributed by atoms with Crippen LogP contribution >= 0.6 is 12.4 Å². The molecule has 3 amide bonds. The summed E-state index contributed by atoms with van der Waals surface area (Å²) in [6, 6.07) is 12.7. The molecule has 1 aliphatic rings. The van der Waals surface area contributed by atoms with E-state index in [4.69, 9.17) is 5.73 Å². The fraction of sp³-hybridized carbons (Fsp3) is 0.318. The van der Waals surface area contributed by atoms with Crippen molar-refractivity contribution in [2.75, 3.05) is 13.1 Å².